The van der Waals surface area contributed by atoms with Crippen LogP contribution in [0.3, 0.4) is 0 Å². The molecule has 70 valence electrons. The van der Waals surface area contributed by atoms with E-state index in [0.717, 1.165) is 17.8 Å². The number of carbonyl (C=O) groups excluding carboxylic acids is 1. The molecule has 2 N–H and O–H groups in total. The summed E-state index contributed by atoms with van der Waals surface area (Å²) in [7, 11) is 0. The van der Waals surface area contributed by atoms with Crippen molar-refractivity contribution in [1.82, 2.24) is 10.3 Å². The van der Waals surface area contributed by atoms with Crippen LogP contribution in [0.25, 0.3) is 0 Å². The molecule has 1 heterocycles. The molecule has 0 radical (unpaired) electrons. The minimum absolute atomic E-state index is 0.173. The minimum atomic E-state index is -0.186. The van der Waals surface area contributed by atoms with Gasteiger partial charge in [-0.05, 0) is 12.3 Å². The van der Waals surface area contributed by atoms with E-state index in [2.05, 4.69) is 17.2 Å². The zero-order chi connectivity index (χ0) is 9.42. The van der Waals surface area contributed by atoms with Gasteiger partial charge in [0.2, 0.25) is 0 Å². The van der Waals surface area contributed by atoms with Crippen molar-refractivity contribution in [3.8, 4) is 0 Å². The number of hydrogen-bond donors (Lipinski definition) is 2. The highest BCUT2D eigenvalue weighted by Crippen LogP contribution is 2.29. The van der Waals surface area contributed by atoms with Crippen LogP contribution in [0.15, 0.2) is 10.2 Å². The highest BCUT2D eigenvalue weighted by atomic mass is 32.1. The third-order valence-corrected chi connectivity index (χ3v) is 2.86. The number of carbonyl (C=O) groups is 1. The van der Waals surface area contributed by atoms with Crippen LogP contribution in [0, 0.1) is 5.92 Å². The second-order valence-corrected chi connectivity index (χ2v) is 4.20. The Bertz CT molecular complexity index is 381. The molecule has 2 atom stereocenters. The van der Waals surface area contributed by atoms with Crippen LogP contribution in [0.4, 0.5) is 0 Å². The van der Waals surface area contributed by atoms with Gasteiger partial charge in [-0.2, -0.15) is 0 Å². The molecule has 0 bridgehead atoms. The van der Waals surface area contributed by atoms with Crippen LogP contribution < -0.4 is 10.2 Å². The monoisotopic (exact) mass is 198 g/mol. The normalized spacial score (nSPS) is 25.6. The fourth-order valence-corrected chi connectivity index (χ4v) is 1.72. The highest BCUT2D eigenvalue weighted by molar-refractivity contribution is 7.07. The maximum Gasteiger partial charge on any atom is 0.305 e. The van der Waals surface area contributed by atoms with Gasteiger partial charge in [0.15, 0.2) is 0 Å². The largest absolute Gasteiger partial charge is 0.348 e. The molecule has 0 aliphatic heterocycles. The third-order valence-electron chi connectivity index (χ3n) is 2.19. The fraction of sp³-hybridized carbons (Fsp3) is 0.500. The zero-order valence-electron chi connectivity index (χ0n) is 7.16. The molecule has 13 heavy (non-hydrogen) atoms. The van der Waals surface area contributed by atoms with Crippen molar-refractivity contribution in [3.05, 3.63) is 20.7 Å². The van der Waals surface area contributed by atoms with Gasteiger partial charge in [-0.3, -0.25) is 9.59 Å². The summed E-state index contributed by atoms with van der Waals surface area (Å²) in [6.45, 7) is 2.08. The van der Waals surface area contributed by atoms with E-state index in [-0.39, 0.29) is 10.8 Å². The smallest absolute Gasteiger partial charge is 0.305 e. The van der Waals surface area contributed by atoms with Gasteiger partial charge in [0.25, 0.3) is 5.91 Å². The van der Waals surface area contributed by atoms with Gasteiger partial charge < -0.3 is 10.3 Å². The summed E-state index contributed by atoms with van der Waals surface area (Å²) < 4.78 is 0. The molecule has 1 aliphatic carbocycles. The number of amides is 1. The number of hydrogen-bond acceptors (Lipinski definition) is 3. The minimum Gasteiger partial charge on any atom is -0.348 e. The molecule has 0 spiro atoms. The van der Waals surface area contributed by atoms with Gasteiger partial charge in [0.1, 0.15) is 5.69 Å². The van der Waals surface area contributed by atoms with Crippen molar-refractivity contribution >= 4 is 17.2 Å². The Hall–Kier alpha value is -1.10. The molecule has 5 heteroatoms. The van der Waals surface area contributed by atoms with Crippen LogP contribution in [-0.4, -0.2) is 16.9 Å². The number of nitrogens with one attached hydrogen (secondary N) is 2. The van der Waals surface area contributed by atoms with Crippen LogP contribution in [0.5, 0.6) is 0 Å². The first-order valence-corrected chi connectivity index (χ1v) is 5.03. The number of H-pyrrole nitrogens is 1. The van der Waals surface area contributed by atoms with Crippen LogP contribution in [0.2, 0.25) is 0 Å². The zero-order valence-corrected chi connectivity index (χ0v) is 7.98. The number of thiazole rings is 1. The molecule has 4 nitrogen and oxygen atoms in total. The number of rotatable bonds is 2. The summed E-state index contributed by atoms with van der Waals surface area (Å²) >= 11 is 1.01. The summed E-state index contributed by atoms with van der Waals surface area (Å²) in [4.78, 5) is 24.4. The van der Waals surface area contributed by atoms with E-state index < -0.39 is 0 Å². The highest BCUT2D eigenvalue weighted by Gasteiger charge is 2.34. The van der Waals surface area contributed by atoms with Gasteiger partial charge in [-0.25, -0.2) is 0 Å². The second kappa shape index (κ2) is 2.99. The van der Waals surface area contributed by atoms with Crippen molar-refractivity contribution in [2.75, 3.05) is 0 Å². The van der Waals surface area contributed by atoms with Gasteiger partial charge in [0.05, 0.1) is 0 Å². The van der Waals surface area contributed by atoms with Crippen LogP contribution in [-0.2, 0) is 0 Å². The van der Waals surface area contributed by atoms with Gasteiger partial charge in [0, 0.05) is 11.4 Å². The predicted molar refractivity (Wildman–Crippen MR) is 50.0 cm³/mol. The van der Waals surface area contributed by atoms with E-state index in [1.807, 2.05) is 0 Å². The summed E-state index contributed by atoms with van der Waals surface area (Å²) in [6.07, 6.45) is 1.04. The molecular weight excluding hydrogens is 188 g/mol. The Morgan fingerprint density at radius 3 is 2.92 bits per heavy atom. The molecule has 1 aromatic heterocycles. The first kappa shape index (κ1) is 8.50. The summed E-state index contributed by atoms with van der Waals surface area (Å²) in [5.74, 6) is 0.405. The standard InChI is InChI=1S/C8H10N2O2S/c1-4-2-5(4)9-7(11)6-3-13-8(12)10-6/h3-5H,2H2,1H3,(H,9,11)(H,10,12)/t4-,5-/m1/s1. The second-order valence-electron chi connectivity index (χ2n) is 3.35. The van der Waals surface area contributed by atoms with Crippen molar-refractivity contribution < 1.29 is 4.79 Å². The van der Waals surface area contributed by atoms with Crippen molar-refractivity contribution in [2.24, 2.45) is 5.92 Å². The van der Waals surface area contributed by atoms with E-state index in [1.165, 1.54) is 0 Å². The summed E-state index contributed by atoms with van der Waals surface area (Å²) in [5.41, 5.74) is 0.370. The summed E-state index contributed by atoms with van der Waals surface area (Å²) in [5, 5.41) is 4.38. The molecule has 1 saturated carbocycles. The average molecular weight is 198 g/mol. The fourth-order valence-electron chi connectivity index (χ4n) is 1.16. The maximum atomic E-state index is 11.4. The lowest BCUT2D eigenvalue weighted by molar-refractivity contribution is 0.0945. The Labute approximate surface area is 79.0 Å². The Morgan fingerprint density at radius 1 is 1.77 bits per heavy atom. The summed E-state index contributed by atoms with van der Waals surface area (Å²) in [6, 6.07) is 0.302. The maximum absolute atomic E-state index is 11.4. The lowest BCUT2D eigenvalue weighted by atomic mass is 10.4. The molecule has 1 fully saturated rings. The Morgan fingerprint density at radius 2 is 2.46 bits per heavy atom. The first-order chi connectivity index (χ1) is 6.16. The topological polar surface area (TPSA) is 62.0 Å². The van der Waals surface area contributed by atoms with Gasteiger partial charge in [-0.15, -0.1) is 0 Å². The lowest BCUT2D eigenvalue weighted by Crippen LogP contribution is -2.27. The molecular formula is C8H10N2O2S. The van der Waals surface area contributed by atoms with Crippen molar-refractivity contribution in [2.45, 2.75) is 19.4 Å². The molecule has 1 aromatic rings. The lowest BCUT2D eigenvalue weighted by Gasteiger charge is -1.99. The molecule has 0 unspecified atom stereocenters. The number of aromatic amines is 1. The van der Waals surface area contributed by atoms with E-state index >= 15 is 0 Å². The third kappa shape index (κ3) is 1.80. The SMILES string of the molecule is C[C@@H]1C[C@H]1NC(=O)c1csc(=O)[nH]1. The van der Waals surface area contributed by atoms with Crippen molar-refractivity contribution in [1.29, 1.82) is 0 Å². The molecule has 1 amide bonds. The van der Waals surface area contributed by atoms with Gasteiger partial charge >= 0.3 is 4.87 Å². The Balaban J connectivity index is 2.01. The van der Waals surface area contributed by atoms with Gasteiger partial charge in [-0.1, -0.05) is 18.3 Å². The molecule has 0 aromatic carbocycles. The number of aromatic nitrogens is 1. The van der Waals surface area contributed by atoms with E-state index in [4.69, 9.17) is 0 Å². The van der Waals surface area contributed by atoms with Crippen LogP contribution >= 0.6 is 11.3 Å². The quantitative estimate of drug-likeness (QED) is 0.730. The first-order valence-electron chi connectivity index (χ1n) is 4.15. The molecule has 2 rings (SSSR count). The average Bonchev–Trinajstić information content (AvgIpc) is 2.62. The van der Waals surface area contributed by atoms with E-state index in [1.54, 1.807) is 5.38 Å². The predicted octanol–water partition coefficient (Wildman–Crippen LogP) is 0.575. The van der Waals surface area contributed by atoms with Crippen molar-refractivity contribution in [3.63, 3.8) is 0 Å². The Kier molecular flexibility index (Phi) is 1.95. The van der Waals surface area contributed by atoms with E-state index in [0.29, 0.717) is 17.7 Å². The molecule has 0 saturated heterocycles. The van der Waals surface area contributed by atoms with E-state index in [9.17, 15) is 9.59 Å². The van der Waals surface area contributed by atoms with Crippen LogP contribution in [0.1, 0.15) is 23.8 Å². The molecule has 1 aliphatic rings.